The number of aryl methyl sites for hydroxylation is 1. The van der Waals surface area contributed by atoms with Gasteiger partial charge in [0.2, 0.25) is 5.91 Å². The van der Waals surface area contributed by atoms with Crippen LogP contribution in [0.3, 0.4) is 0 Å². The molecule has 2 rings (SSSR count). The van der Waals surface area contributed by atoms with Gasteiger partial charge in [0.15, 0.2) is 0 Å². The smallest absolute Gasteiger partial charge is 0.264 e. The summed E-state index contributed by atoms with van der Waals surface area (Å²) in [6, 6.07) is 12.9. The summed E-state index contributed by atoms with van der Waals surface area (Å²) in [4.78, 5) is 12.3. The largest absolute Gasteiger partial charge is 0.352 e. The van der Waals surface area contributed by atoms with E-state index in [4.69, 9.17) is 11.6 Å². The summed E-state index contributed by atoms with van der Waals surface area (Å²) in [5.41, 5.74) is 1.21. The Hall–Kier alpha value is -2.05. The fourth-order valence-corrected chi connectivity index (χ4v) is 4.02. The van der Waals surface area contributed by atoms with Crippen LogP contribution in [-0.4, -0.2) is 26.9 Å². The van der Waals surface area contributed by atoms with E-state index in [0.717, 1.165) is 9.87 Å². The average molecular weight is 381 g/mol. The molecule has 0 atom stereocenters. The number of para-hydroxylation sites is 1. The van der Waals surface area contributed by atoms with Gasteiger partial charge in [0.25, 0.3) is 10.0 Å². The second-order valence-corrected chi connectivity index (χ2v) is 8.27. The molecule has 2 aromatic carbocycles. The molecule has 0 aliphatic rings. The molecule has 0 saturated carbocycles. The van der Waals surface area contributed by atoms with E-state index in [1.165, 1.54) is 12.1 Å². The normalized spacial score (nSPS) is 11.4. The van der Waals surface area contributed by atoms with Crippen molar-refractivity contribution in [3.8, 4) is 0 Å². The van der Waals surface area contributed by atoms with Crippen molar-refractivity contribution in [2.45, 2.75) is 31.7 Å². The number of sulfonamides is 1. The molecule has 0 aliphatic heterocycles. The lowest BCUT2D eigenvalue weighted by Gasteiger charge is -2.25. The van der Waals surface area contributed by atoms with E-state index < -0.39 is 15.9 Å². The molecule has 134 valence electrons. The summed E-state index contributed by atoms with van der Waals surface area (Å²) < 4.78 is 27.2. The minimum absolute atomic E-state index is 0.0947. The lowest BCUT2D eigenvalue weighted by Crippen LogP contribution is -2.43. The van der Waals surface area contributed by atoms with Crippen molar-refractivity contribution in [1.82, 2.24) is 5.32 Å². The molecule has 7 heteroatoms. The molecule has 0 saturated heterocycles. The second-order valence-electron chi connectivity index (χ2n) is 6.00. The SMILES string of the molecule is Cc1ccc(S(=O)(=O)N(CC(=O)NC(C)C)c2ccccc2Cl)cc1. The van der Waals surface area contributed by atoms with Gasteiger partial charge in [-0.15, -0.1) is 0 Å². The third kappa shape index (κ3) is 4.74. The summed E-state index contributed by atoms with van der Waals surface area (Å²) in [7, 11) is -3.94. The Balaban J connectivity index is 2.48. The van der Waals surface area contributed by atoms with E-state index in [-0.39, 0.29) is 28.2 Å². The molecule has 0 unspecified atom stereocenters. The standard InChI is InChI=1S/C18H21ClN2O3S/c1-13(2)20-18(22)12-21(17-7-5-4-6-16(17)19)25(23,24)15-10-8-14(3)9-11-15/h4-11,13H,12H2,1-3H3,(H,20,22). The zero-order valence-electron chi connectivity index (χ0n) is 14.4. The van der Waals surface area contributed by atoms with Gasteiger partial charge < -0.3 is 5.32 Å². The molecule has 25 heavy (non-hydrogen) atoms. The number of rotatable bonds is 6. The van der Waals surface area contributed by atoms with Crippen LogP contribution in [0.4, 0.5) is 5.69 Å². The lowest BCUT2D eigenvalue weighted by atomic mass is 10.2. The Morgan fingerprint density at radius 1 is 1.12 bits per heavy atom. The Kier molecular flexibility index (Phi) is 6.08. The molecule has 0 aromatic heterocycles. The number of carbonyl (C=O) groups excluding carboxylic acids is 1. The number of carbonyl (C=O) groups is 1. The first kappa shape index (κ1) is 19.3. The minimum atomic E-state index is -3.94. The van der Waals surface area contributed by atoms with E-state index in [1.54, 1.807) is 36.4 Å². The highest BCUT2D eigenvalue weighted by molar-refractivity contribution is 7.92. The molecular formula is C18H21ClN2O3S. The van der Waals surface area contributed by atoms with Gasteiger partial charge >= 0.3 is 0 Å². The van der Waals surface area contributed by atoms with Crippen LogP contribution in [0.25, 0.3) is 0 Å². The fourth-order valence-electron chi connectivity index (χ4n) is 2.29. The minimum Gasteiger partial charge on any atom is -0.352 e. The number of nitrogens with zero attached hydrogens (tertiary/aromatic N) is 1. The Morgan fingerprint density at radius 3 is 2.28 bits per heavy atom. The van der Waals surface area contributed by atoms with Crippen LogP contribution >= 0.6 is 11.6 Å². The maximum atomic E-state index is 13.1. The second kappa shape index (κ2) is 7.89. The van der Waals surface area contributed by atoms with Gasteiger partial charge in [-0.2, -0.15) is 0 Å². The van der Waals surface area contributed by atoms with E-state index >= 15 is 0 Å². The monoisotopic (exact) mass is 380 g/mol. The number of halogens is 1. The van der Waals surface area contributed by atoms with Crippen molar-refractivity contribution in [3.05, 3.63) is 59.1 Å². The first-order valence-corrected chi connectivity index (χ1v) is 9.67. The highest BCUT2D eigenvalue weighted by Crippen LogP contribution is 2.30. The summed E-state index contributed by atoms with van der Waals surface area (Å²) >= 11 is 6.19. The first-order valence-electron chi connectivity index (χ1n) is 7.85. The summed E-state index contributed by atoms with van der Waals surface area (Å²) in [6.45, 7) is 5.15. The lowest BCUT2D eigenvalue weighted by molar-refractivity contribution is -0.120. The molecule has 5 nitrogen and oxygen atoms in total. The predicted octanol–water partition coefficient (Wildman–Crippen LogP) is 3.37. The summed E-state index contributed by atoms with van der Waals surface area (Å²) in [6.07, 6.45) is 0. The number of hydrogen-bond donors (Lipinski definition) is 1. The average Bonchev–Trinajstić information content (AvgIpc) is 2.53. The molecule has 1 amide bonds. The van der Waals surface area contributed by atoms with Crippen molar-refractivity contribution in [2.75, 3.05) is 10.8 Å². The van der Waals surface area contributed by atoms with Gasteiger partial charge in [0, 0.05) is 6.04 Å². The van der Waals surface area contributed by atoms with Gasteiger partial charge in [0.05, 0.1) is 15.6 Å². The molecule has 0 aliphatic carbocycles. The van der Waals surface area contributed by atoms with E-state index in [0.29, 0.717) is 0 Å². The maximum Gasteiger partial charge on any atom is 0.264 e. The zero-order valence-corrected chi connectivity index (χ0v) is 15.9. The Morgan fingerprint density at radius 2 is 1.72 bits per heavy atom. The molecule has 0 radical (unpaired) electrons. The fraction of sp³-hybridized carbons (Fsp3) is 0.278. The molecule has 1 N–H and O–H groups in total. The zero-order chi connectivity index (χ0) is 18.6. The molecule has 0 bridgehead atoms. The first-order chi connectivity index (χ1) is 11.7. The van der Waals surface area contributed by atoms with E-state index in [1.807, 2.05) is 20.8 Å². The van der Waals surface area contributed by atoms with Crippen LogP contribution in [0.5, 0.6) is 0 Å². The maximum absolute atomic E-state index is 13.1. The topological polar surface area (TPSA) is 66.5 Å². The predicted molar refractivity (Wildman–Crippen MR) is 100 cm³/mol. The van der Waals surface area contributed by atoms with Gasteiger partial charge in [-0.3, -0.25) is 9.10 Å². The van der Waals surface area contributed by atoms with Crippen LogP contribution in [0, 0.1) is 6.92 Å². The number of anilines is 1. The number of benzene rings is 2. The number of nitrogens with one attached hydrogen (secondary N) is 1. The number of hydrogen-bond acceptors (Lipinski definition) is 3. The number of amides is 1. The molecule has 0 heterocycles. The Labute approximate surface area is 153 Å². The van der Waals surface area contributed by atoms with Crippen LogP contribution in [0.2, 0.25) is 5.02 Å². The van der Waals surface area contributed by atoms with Crippen molar-refractivity contribution in [2.24, 2.45) is 0 Å². The van der Waals surface area contributed by atoms with E-state index in [2.05, 4.69) is 5.32 Å². The van der Waals surface area contributed by atoms with Crippen LogP contribution in [0.15, 0.2) is 53.4 Å². The molecule has 2 aromatic rings. The van der Waals surface area contributed by atoms with Crippen LogP contribution < -0.4 is 9.62 Å². The van der Waals surface area contributed by atoms with E-state index in [9.17, 15) is 13.2 Å². The van der Waals surface area contributed by atoms with Crippen LogP contribution in [-0.2, 0) is 14.8 Å². The van der Waals surface area contributed by atoms with Gasteiger partial charge in [-0.25, -0.2) is 8.42 Å². The third-order valence-corrected chi connectivity index (χ3v) is 5.56. The van der Waals surface area contributed by atoms with Gasteiger partial charge in [-0.1, -0.05) is 41.4 Å². The highest BCUT2D eigenvalue weighted by Gasteiger charge is 2.28. The molecule has 0 spiro atoms. The van der Waals surface area contributed by atoms with Gasteiger partial charge in [0.1, 0.15) is 6.54 Å². The van der Waals surface area contributed by atoms with Crippen LogP contribution in [0.1, 0.15) is 19.4 Å². The summed E-state index contributed by atoms with van der Waals surface area (Å²) in [5, 5.41) is 2.97. The van der Waals surface area contributed by atoms with Crippen molar-refractivity contribution in [3.63, 3.8) is 0 Å². The van der Waals surface area contributed by atoms with Crippen molar-refractivity contribution in [1.29, 1.82) is 0 Å². The van der Waals surface area contributed by atoms with Crippen molar-refractivity contribution >= 4 is 33.2 Å². The molecule has 0 fully saturated rings. The molecular weight excluding hydrogens is 360 g/mol. The highest BCUT2D eigenvalue weighted by atomic mass is 35.5. The third-order valence-electron chi connectivity index (χ3n) is 3.47. The quantitative estimate of drug-likeness (QED) is 0.835. The van der Waals surface area contributed by atoms with Gasteiger partial charge in [-0.05, 0) is 45.0 Å². The van der Waals surface area contributed by atoms with Crippen molar-refractivity contribution < 1.29 is 13.2 Å². The summed E-state index contributed by atoms with van der Waals surface area (Å²) in [5.74, 6) is -0.398. The Bertz CT molecular complexity index is 849.